The molecule has 1 aromatic rings. The standard InChI is InChI=1S/C15H19ClN2O3/c16-10-1-2-14(17-7-10)12-8-18(9-13(12)15(19)20)11-3-5-21-6-4-11/h1-2,7,11-13H,3-6,8-9H2,(H,19,20)/t12-,13?/m1/s1. The Morgan fingerprint density at radius 2 is 2.10 bits per heavy atom. The number of ether oxygens (including phenoxy) is 1. The third-order valence-electron chi connectivity index (χ3n) is 4.50. The fourth-order valence-electron chi connectivity index (χ4n) is 3.34. The number of pyridine rings is 1. The van der Waals surface area contributed by atoms with Crippen molar-refractivity contribution in [3.8, 4) is 0 Å². The van der Waals surface area contributed by atoms with Crippen LogP contribution in [0.4, 0.5) is 0 Å². The van der Waals surface area contributed by atoms with Crippen LogP contribution >= 0.6 is 11.6 Å². The van der Waals surface area contributed by atoms with Crippen LogP contribution in [0.1, 0.15) is 24.5 Å². The Labute approximate surface area is 128 Å². The minimum atomic E-state index is -0.744. The van der Waals surface area contributed by atoms with Crippen molar-refractivity contribution in [3.05, 3.63) is 29.0 Å². The number of hydrogen-bond donors (Lipinski definition) is 1. The summed E-state index contributed by atoms with van der Waals surface area (Å²) in [5.41, 5.74) is 0.821. The van der Waals surface area contributed by atoms with Crippen LogP contribution < -0.4 is 0 Å². The van der Waals surface area contributed by atoms with Gasteiger partial charge in [-0.25, -0.2) is 0 Å². The zero-order valence-corrected chi connectivity index (χ0v) is 12.5. The second-order valence-corrected chi connectivity index (χ2v) is 6.19. The normalized spacial score (nSPS) is 27.9. The van der Waals surface area contributed by atoms with Crippen molar-refractivity contribution in [1.82, 2.24) is 9.88 Å². The van der Waals surface area contributed by atoms with Gasteiger partial charge in [0.2, 0.25) is 0 Å². The molecule has 0 amide bonds. The third kappa shape index (κ3) is 3.20. The van der Waals surface area contributed by atoms with E-state index in [0.29, 0.717) is 17.6 Å². The molecule has 1 aromatic heterocycles. The Morgan fingerprint density at radius 3 is 2.71 bits per heavy atom. The lowest BCUT2D eigenvalue weighted by Crippen LogP contribution is -2.38. The van der Waals surface area contributed by atoms with E-state index in [1.165, 1.54) is 0 Å². The Morgan fingerprint density at radius 1 is 1.33 bits per heavy atom. The highest BCUT2D eigenvalue weighted by molar-refractivity contribution is 6.30. The largest absolute Gasteiger partial charge is 0.481 e. The molecule has 5 nitrogen and oxygen atoms in total. The summed E-state index contributed by atoms with van der Waals surface area (Å²) in [4.78, 5) is 18.2. The fourth-order valence-corrected chi connectivity index (χ4v) is 3.45. The van der Waals surface area contributed by atoms with Gasteiger partial charge in [0.15, 0.2) is 0 Å². The van der Waals surface area contributed by atoms with Gasteiger partial charge in [-0.2, -0.15) is 0 Å². The van der Waals surface area contributed by atoms with Gasteiger partial charge in [-0.15, -0.1) is 0 Å². The van der Waals surface area contributed by atoms with Gasteiger partial charge in [-0.05, 0) is 25.0 Å². The van der Waals surface area contributed by atoms with E-state index < -0.39 is 11.9 Å². The average molecular weight is 311 g/mol. The number of hydrogen-bond acceptors (Lipinski definition) is 4. The summed E-state index contributed by atoms with van der Waals surface area (Å²) in [6.07, 6.45) is 3.55. The maximum atomic E-state index is 11.6. The monoisotopic (exact) mass is 310 g/mol. The van der Waals surface area contributed by atoms with Crippen LogP contribution in [0.25, 0.3) is 0 Å². The summed E-state index contributed by atoms with van der Waals surface area (Å²) in [7, 11) is 0. The first-order chi connectivity index (χ1) is 10.1. The Hall–Kier alpha value is -1.17. The van der Waals surface area contributed by atoms with Crippen molar-refractivity contribution < 1.29 is 14.6 Å². The number of likely N-dealkylation sites (tertiary alicyclic amines) is 1. The van der Waals surface area contributed by atoms with Crippen molar-refractivity contribution >= 4 is 17.6 Å². The van der Waals surface area contributed by atoms with Crippen LogP contribution in [-0.4, -0.2) is 53.3 Å². The van der Waals surface area contributed by atoms with Crippen LogP contribution in [0.5, 0.6) is 0 Å². The molecule has 2 aliphatic rings. The first kappa shape index (κ1) is 14.8. The second kappa shape index (κ2) is 6.30. The Kier molecular flexibility index (Phi) is 4.42. The highest BCUT2D eigenvalue weighted by Gasteiger charge is 2.41. The van der Waals surface area contributed by atoms with Crippen LogP contribution in [0.15, 0.2) is 18.3 Å². The number of rotatable bonds is 3. The van der Waals surface area contributed by atoms with E-state index in [9.17, 15) is 9.90 Å². The highest BCUT2D eigenvalue weighted by Crippen LogP contribution is 2.34. The number of carbonyl (C=O) groups is 1. The van der Waals surface area contributed by atoms with Gasteiger partial charge in [0, 0.05) is 50.2 Å². The average Bonchev–Trinajstić information content (AvgIpc) is 2.94. The lowest BCUT2D eigenvalue weighted by molar-refractivity contribution is -0.141. The van der Waals surface area contributed by atoms with Crippen molar-refractivity contribution in [1.29, 1.82) is 0 Å². The van der Waals surface area contributed by atoms with Gasteiger partial charge in [-0.3, -0.25) is 14.7 Å². The number of aromatic nitrogens is 1. The first-order valence-electron chi connectivity index (χ1n) is 7.31. The van der Waals surface area contributed by atoms with Gasteiger partial charge in [0.25, 0.3) is 0 Å². The molecule has 2 saturated heterocycles. The molecule has 114 valence electrons. The second-order valence-electron chi connectivity index (χ2n) is 5.75. The molecule has 0 bridgehead atoms. The van der Waals surface area contributed by atoms with Crippen LogP contribution in [0.2, 0.25) is 5.02 Å². The molecule has 1 unspecified atom stereocenters. The summed E-state index contributed by atoms with van der Waals surface area (Å²) in [5, 5.41) is 10.1. The van der Waals surface area contributed by atoms with Gasteiger partial charge in [0.1, 0.15) is 0 Å². The van der Waals surface area contributed by atoms with Gasteiger partial charge >= 0.3 is 5.97 Å². The Bertz CT molecular complexity index is 502. The molecular formula is C15H19ClN2O3. The van der Waals surface area contributed by atoms with E-state index in [1.54, 1.807) is 12.3 Å². The maximum Gasteiger partial charge on any atom is 0.308 e. The summed E-state index contributed by atoms with van der Waals surface area (Å²) in [6, 6.07) is 4.05. The van der Waals surface area contributed by atoms with Gasteiger partial charge in [0.05, 0.1) is 10.9 Å². The molecule has 2 aliphatic heterocycles. The smallest absolute Gasteiger partial charge is 0.308 e. The molecule has 0 spiro atoms. The predicted molar refractivity (Wildman–Crippen MR) is 78.5 cm³/mol. The number of aliphatic carboxylic acids is 1. The molecule has 3 heterocycles. The number of carboxylic acids is 1. The lowest BCUT2D eigenvalue weighted by atomic mass is 9.93. The number of nitrogens with zero attached hydrogens (tertiary/aromatic N) is 2. The van der Waals surface area contributed by atoms with Gasteiger partial charge in [-0.1, -0.05) is 11.6 Å². The van der Waals surface area contributed by atoms with E-state index in [1.807, 2.05) is 6.07 Å². The van der Waals surface area contributed by atoms with E-state index >= 15 is 0 Å². The summed E-state index contributed by atoms with van der Waals surface area (Å²) in [6.45, 7) is 2.87. The SMILES string of the molecule is O=C(O)C1CN(C2CCOCC2)C[C@H]1c1ccc(Cl)cn1. The zero-order chi connectivity index (χ0) is 14.8. The number of halogens is 1. The molecule has 2 atom stereocenters. The topological polar surface area (TPSA) is 62.7 Å². The van der Waals surface area contributed by atoms with Crippen LogP contribution in [-0.2, 0) is 9.53 Å². The molecule has 6 heteroatoms. The fraction of sp³-hybridized carbons (Fsp3) is 0.600. The lowest BCUT2D eigenvalue weighted by Gasteiger charge is -2.31. The predicted octanol–water partition coefficient (Wildman–Crippen LogP) is 2.01. The zero-order valence-electron chi connectivity index (χ0n) is 11.7. The minimum Gasteiger partial charge on any atom is -0.481 e. The molecule has 3 rings (SSSR count). The van der Waals surface area contributed by atoms with Crippen LogP contribution in [0.3, 0.4) is 0 Å². The van der Waals surface area contributed by atoms with Crippen molar-refractivity contribution in [3.63, 3.8) is 0 Å². The van der Waals surface area contributed by atoms with Crippen LogP contribution in [0, 0.1) is 5.92 Å². The first-order valence-corrected chi connectivity index (χ1v) is 7.69. The molecule has 1 N–H and O–H groups in total. The maximum absolute atomic E-state index is 11.6. The summed E-state index contributed by atoms with van der Waals surface area (Å²) in [5.74, 6) is -1.21. The third-order valence-corrected chi connectivity index (χ3v) is 4.73. The molecule has 0 aromatic carbocycles. The molecule has 21 heavy (non-hydrogen) atoms. The van der Waals surface area contributed by atoms with Crippen molar-refractivity contribution in [2.45, 2.75) is 24.8 Å². The summed E-state index contributed by atoms with van der Waals surface area (Å²) < 4.78 is 5.39. The minimum absolute atomic E-state index is 0.0670. The molecule has 0 saturated carbocycles. The number of carboxylic acid groups (broad SMARTS) is 1. The van der Waals surface area contributed by atoms with E-state index in [2.05, 4.69) is 9.88 Å². The van der Waals surface area contributed by atoms with Gasteiger partial charge < -0.3 is 9.84 Å². The van der Waals surface area contributed by atoms with E-state index in [-0.39, 0.29) is 5.92 Å². The summed E-state index contributed by atoms with van der Waals surface area (Å²) >= 11 is 5.86. The molecule has 0 radical (unpaired) electrons. The van der Waals surface area contributed by atoms with Crippen molar-refractivity contribution in [2.75, 3.05) is 26.3 Å². The molecular weight excluding hydrogens is 292 g/mol. The molecule has 2 fully saturated rings. The molecule has 0 aliphatic carbocycles. The van der Waals surface area contributed by atoms with E-state index in [0.717, 1.165) is 38.3 Å². The Balaban J connectivity index is 1.78. The van der Waals surface area contributed by atoms with Crippen molar-refractivity contribution in [2.24, 2.45) is 5.92 Å². The highest BCUT2D eigenvalue weighted by atomic mass is 35.5. The quantitative estimate of drug-likeness (QED) is 0.925. The van der Waals surface area contributed by atoms with E-state index in [4.69, 9.17) is 16.3 Å².